The van der Waals surface area contributed by atoms with Crippen molar-refractivity contribution in [3.63, 3.8) is 0 Å². The molecular weight excluding hydrogens is 194 g/mol. The molecule has 4 N–H and O–H groups in total. The highest BCUT2D eigenvalue weighted by Crippen LogP contribution is 2.18. The maximum Gasteiger partial charge on any atom is 0.100 e. The van der Waals surface area contributed by atoms with Crippen LogP contribution in [0.4, 0.5) is 0 Å². The van der Waals surface area contributed by atoms with E-state index in [1.165, 1.54) is 11.2 Å². The van der Waals surface area contributed by atoms with Crippen LogP contribution in [0.15, 0.2) is 34.7 Å². The molecular formula is C6H8BrN3. The molecule has 3 nitrogen and oxygen atoms in total. The van der Waals surface area contributed by atoms with Crippen LogP contribution in [0.5, 0.6) is 0 Å². The molecule has 0 aliphatic carbocycles. The minimum atomic E-state index is 0.773. The van der Waals surface area contributed by atoms with Gasteiger partial charge in [-0.05, 0) is 28.1 Å². The van der Waals surface area contributed by atoms with Gasteiger partial charge in [0.25, 0.3) is 0 Å². The summed E-state index contributed by atoms with van der Waals surface area (Å²) < 4.78 is 0.798. The number of rotatable bonds is 0. The second-order valence-electron chi connectivity index (χ2n) is 1.81. The lowest BCUT2D eigenvalue weighted by Crippen LogP contribution is -2.28. The zero-order chi connectivity index (χ0) is 7.56. The third-order valence-electron chi connectivity index (χ3n) is 1.18. The first-order valence-corrected chi connectivity index (χ1v) is 3.55. The Morgan fingerprint density at radius 3 is 2.80 bits per heavy atom. The average Bonchev–Trinajstić information content (AvgIpc) is 1.95. The Bertz CT molecular complexity index is 217. The van der Waals surface area contributed by atoms with Crippen LogP contribution in [0.1, 0.15) is 0 Å². The van der Waals surface area contributed by atoms with Gasteiger partial charge in [-0.15, -0.1) is 0 Å². The normalized spacial score (nSPS) is 21.6. The molecule has 0 bridgehead atoms. The molecule has 1 heterocycles. The van der Waals surface area contributed by atoms with E-state index in [1.54, 1.807) is 0 Å². The first-order valence-electron chi connectivity index (χ1n) is 2.76. The Labute approximate surface area is 67.8 Å². The van der Waals surface area contributed by atoms with Gasteiger partial charge in [-0.1, -0.05) is 6.08 Å². The van der Waals surface area contributed by atoms with Crippen molar-refractivity contribution in [1.29, 1.82) is 0 Å². The number of hydrogen-bond acceptors (Lipinski definition) is 3. The Morgan fingerprint density at radius 1 is 1.60 bits per heavy atom. The van der Waals surface area contributed by atoms with Gasteiger partial charge in [0.15, 0.2) is 0 Å². The lowest BCUT2D eigenvalue weighted by molar-refractivity contribution is 0.494. The third-order valence-corrected chi connectivity index (χ3v) is 1.83. The summed E-state index contributed by atoms with van der Waals surface area (Å²) in [5, 5.41) is 1.46. The molecule has 54 valence electrons. The van der Waals surface area contributed by atoms with E-state index in [2.05, 4.69) is 15.9 Å². The highest BCUT2D eigenvalue weighted by molar-refractivity contribution is 9.11. The first kappa shape index (κ1) is 7.37. The molecule has 4 heteroatoms. The quantitative estimate of drug-likeness (QED) is 0.450. The third kappa shape index (κ3) is 1.22. The van der Waals surface area contributed by atoms with Crippen LogP contribution >= 0.6 is 15.9 Å². The molecule has 0 aromatic heterocycles. The SMILES string of the molecule is N/C=C1/C=CC=C(Br)N1N. The number of nitrogens with two attached hydrogens (primary N) is 2. The molecule has 0 saturated carbocycles. The van der Waals surface area contributed by atoms with Gasteiger partial charge in [-0.2, -0.15) is 0 Å². The van der Waals surface area contributed by atoms with Gasteiger partial charge in [0.2, 0.25) is 0 Å². The second-order valence-corrected chi connectivity index (χ2v) is 2.62. The van der Waals surface area contributed by atoms with Crippen molar-refractivity contribution in [2.45, 2.75) is 0 Å². The number of halogens is 1. The standard InChI is InChI=1S/C6H8BrN3/c7-6-3-1-2-5(4-8)10(6)9/h1-4H,8-9H2/b5-4-. The summed E-state index contributed by atoms with van der Waals surface area (Å²) in [5.41, 5.74) is 6.05. The maximum atomic E-state index is 5.55. The Morgan fingerprint density at radius 2 is 2.30 bits per heavy atom. The van der Waals surface area contributed by atoms with E-state index in [1.807, 2.05) is 18.2 Å². The monoisotopic (exact) mass is 201 g/mol. The van der Waals surface area contributed by atoms with Gasteiger partial charge in [-0.3, -0.25) is 5.01 Å². The van der Waals surface area contributed by atoms with Gasteiger partial charge >= 0.3 is 0 Å². The summed E-state index contributed by atoms with van der Waals surface area (Å²) in [5.74, 6) is 5.55. The van der Waals surface area contributed by atoms with Crippen molar-refractivity contribution in [3.8, 4) is 0 Å². The van der Waals surface area contributed by atoms with Gasteiger partial charge in [-0.25, -0.2) is 5.84 Å². The van der Waals surface area contributed by atoms with Crippen molar-refractivity contribution in [2.24, 2.45) is 11.6 Å². The van der Waals surface area contributed by atoms with Crippen molar-refractivity contribution >= 4 is 15.9 Å². The predicted octanol–water partition coefficient (Wildman–Crippen LogP) is 0.768. The van der Waals surface area contributed by atoms with Crippen molar-refractivity contribution in [2.75, 3.05) is 0 Å². The molecule has 0 saturated heterocycles. The van der Waals surface area contributed by atoms with Crippen molar-refractivity contribution < 1.29 is 0 Å². The highest BCUT2D eigenvalue weighted by Gasteiger charge is 2.06. The van der Waals surface area contributed by atoms with Crippen LogP contribution in [0.2, 0.25) is 0 Å². The zero-order valence-corrected chi connectivity index (χ0v) is 6.88. The second kappa shape index (κ2) is 2.90. The smallest absolute Gasteiger partial charge is 0.100 e. The van der Waals surface area contributed by atoms with Gasteiger partial charge in [0.05, 0.1) is 5.70 Å². The van der Waals surface area contributed by atoms with Crippen LogP contribution in [0.25, 0.3) is 0 Å². The van der Waals surface area contributed by atoms with Crippen LogP contribution < -0.4 is 11.6 Å². The predicted molar refractivity (Wildman–Crippen MR) is 44.4 cm³/mol. The van der Waals surface area contributed by atoms with Crippen LogP contribution in [0.3, 0.4) is 0 Å². The van der Waals surface area contributed by atoms with E-state index in [0.29, 0.717) is 0 Å². The first-order chi connectivity index (χ1) is 4.75. The van der Waals surface area contributed by atoms with E-state index < -0.39 is 0 Å². The molecule has 1 rings (SSSR count). The molecule has 0 aromatic carbocycles. The fourth-order valence-corrected chi connectivity index (χ4v) is 1.00. The van der Waals surface area contributed by atoms with Crippen LogP contribution in [-0.2, 0) is 0 Å². The largest absolute Gasteiger partial charge is 0.403 e. The van der Waals surface area contributed by atoms with Crippen molar-refractivity contribution in [1.82, 2.24) is 5.01 Å². The summed E-state index contributed by atoms with van der Waals surface area (Å²) in [6.07, 6.45) is 6.98. The molecule has 0 atom stereocenters. The lowest BCUT2D eigenvalue weighted by Gasteiger charge is -2.20. The Balaban J connectivity index is 2.89. The molecule has 0 aromatic rings. The highest BCUT2D eigenvalue weighted by atomic mass is 79.9. The maximum absolute atomic E-state index is 5.55. The zero-order valence-electron chi connectivity index (χ0n) is 5.29. The Hall–Kier alpha value is -0.740. The van der Waals surface area contributed by atoms with Gasteiger partial charge in [0, 0.05) is 6.20 Å². The van der Waals surface area contributed by atoms with Gasteiger partial charge in [0.1, 0.15) is 4.61 Å². The van der Waals surface area contributed by atoms with Crippen molar-refractivity contribution in [3.05, 3.63) is 34.7 Å². The van der Waals surface area contributed by atoms with Gasteiger partial charge < -0.3 is 5.73 Å². The number of hydrogen-bond donors (Lipinski definition) is 2. The summed E-state index contributed by atoms with van der Waals surface area (Å²) in [7, 11) is 0. The molecule has 0 amide bonds. The molecule has 0 spiro atoms. The van der Waals surface area contributed by atoms with E-state index in [0.717, 1.165) is 10.3 Å². The Kier molecular flexibility index (Phi) is 2.13. The molecule has 0 radical (unpaired) electrons. The molecule has 1 aliphatic rings. The number of nitrogens with zero attached hydrogens (tertiary/aromatic N) is 1. The lowest BCUT2D eigenvalue weighted by atomic mass is 10.3. The fourth-order valence-electron chi connectivity index (χ4n) is 0.646. The number of hydrazine groups is 1. The minimum Gasteiger partial charge on any atom is -0.403 e. The number of allylic oxidation sites excluding steroid dienone is 3. The molecule has 0 fully saturated rings. The van der Waals surface area contributed by atoms with E-state index >= 15 is 0 Å². The fraction of sp³-hybridized carbons (Fsp3) is 0. The summed E-state index contributed by atoms with van der Waals surface area (Å²) in [6.45, 7) is 0. The summed E-state index contributed by atoms with van der Waals surface area (Å²) in [6, 6.07) is 0. The molecule has 0 unspecified atom stereocenters. The minimum absolute atomic E-state index is 0.773. The van der Waals surface area contributed by atoms with E-state index in [4.69, 9.17) is 11.6 Å². The molecule has 10 heavy (non-hydrogen) atoms. The van der Waals surface area contributed by atoms with Crippen LogP contribution in [-0.4, -0.2) is 5.01 Å². The average molecular weight is 202 g/mol. The molecule has 1 aliphatic heterocycles. The summed E-state index contributed by atoms with van der Waals surface area (Å²) in [4.78, 5) is 0. The van der Waals surface area contributed by atoms with E-state index in [-0.39, 0.29) is 0 Å². The topological polar surface area (TPSA) is 55.3 Å². The summed E-state index contributed by atoms with van der Waals surface area (Å²) >= 11 is 3.25. The van der Waals surface area contributed by atoms with Crippen LogP contribution in [0, 0.1) is 0 Å². The van der Waals surface area contributed by atoms with E-state index in [9.17, 15) is 0 Å².